The predicted octanol–water partition coefficient (Wildman–Crippen LogP) is 4.95. The van der Waals surface area contributed by atoms with E-state index in [0.717, 1.165) is 16.6 Å². The van der Waals surface area contributed by atoms with Crippen molar-refractivity contribution in [2.24, 2.45) is 5.73 Å². The van der Waals surface area contributed by atoms with Crippen LogP contribution in [0.5, 0.6) is 0 Å². The molecular formula is C14H15BrCl2N2S. The number of hydrogen-bond donors (Lipinski definition) is 1. The average Bonchev–Trinajstić information content (AvgIpc) is 2.80. The van der Waals surface area contributed by atoms with Crippen molar-refractivity contribution in [3.63, 3.8) is 0 Å². The summed E-state index contributed by atoms with van der Waals surface area (Å²) in [7, 11) is 2.06. The van der Waals surface area contributed by atoms with Crippen LogP contribution in [0, 0.1) is 0 Å². The molecule has 0 radical (unpaired) electrons. The Morgan fingerprint density at radius 2 is 2.05 bits per heavy atom. The first-order valence-corrected chi connectivity index (χ1v) is 8.52. The summed E-state index contributed by atoms with van der Waals surface area (Å²) in [5.41, 5.74) is 7.01. The lowest BCUT2D eigenvalue weighted by Crippen LogP contribution is -2.29. The maximum atomic E-state index is 6.09. The van der Waals surface area contributed by atoms with E-state index in [-0.39, 0.29) is 6.04 Å². The highest BCUT2D eigenvalue weighted by molar-refractivity contribution is 9.10. The zero-order chi connectivity index (χ0) is 14.7. The van der Waals surface area contributed by atoms with Crippen molar-refractivity contribution >= 4 is 50.5 Å². The number of likely N-dealkylation sites (N-methyl/N-ethyl adjacent to an activating group) is 1. The molecular weight excluding hydrogens is 379 g/mol. The van der Waals surface area contributed by atoms with E-state index < -0.39 is 0 Å². The van der Waals surface area contributed by atoms with Crippen LogP contribution in [0.15, 0.2) is 34.1 Å². The average molecular weight is 394 g/mol. The van der Waals surface area contributed by atoms with Gasteiger partial charge in [0.2, 0.25) is 0 Å². The Labute approximate surface area is 141 Å². The minimum absolute atomic E-state index is 0.116. The highest BCUT2D eigenvalue weighted by Crippen LogP contribution is 2.29. The maximum Gasteiger partial charge on any atom is 0.0595 e. The first-order chi connectivity index (χ1) is 9.51. The Bertz CT molecular complexity index is 588. The van der Waals surface area contributed by atoms with Crippen LogP contribution in [0.3, 0.4) is 0 Å². The summed E-state index contributed by atoms with van der Waals surface area (Å²) in [6, 6.07) is 7.93. The van der Waals surface area contributed by atoms with Gasteiger partial charge < -0.3 is 5.73 Å². The van der Waals surface area contributed by atoms with Crippen molar-refractivity contribution in [1.29, 1.82) is 0 Å². The van der Waals surface area contributed by atoms with E-state index in [0.29, 0.717) is 16.6 Å². The number of nitrogens with zero attached hydrogens (tertiary/aromatic N) is 1. The van der Waals surface area contributed by atoms with Crippen LogP contribution in [0.2, 0.25) is 10.0 Å². The van der Waals surface area contributed by atoms with Crippen molar-refractivity contribution in [3.05, 3.63) is 54.6 Å². The van der Waals surface area contributed by atoms with Gasteiger partial charge in [0.15, 0.2) is 0 Å². The number of rotatable bonds is 5. The molecule has 2 nitrogen and oxygen atoms in total. The molecule has 2 N–H and O–H groups in total. The normalized spacial score (nSPS) is 12.9. The summed E-state index contributed by atoms with van der Waals surface area (Å²) in [5, 5.41) is 3.21. The molecule has 1 aromatic carbocycles. The molecule has 0 saturated heterocycles. The van der Waals surface area contributed by atoms with Gasteiger partial charge in [0.05, 0.1) is 10.0 Å². The van der Waals surface area contributed by atoms with Crippen LogP contribution in [-0.4, -0.2) is 18.5 Å². The second-order valence-electron chi connectivity index (χ2n) is 4.57. The zero-order valence-corrected chi connectivity index (χ0v) is 14.9. The summed E-state index contributed by atoms with van der Waals surface area (Å²) in [6.07, 6.45) is 0. The third kappa shape index (κ3) is 3.97. The topological polar surface area (TPSA) is 29.3 Å². The van der Waals surface area contributed by atoms with Crippen LogP contribution in [-0.2, 0) is 6.54 Å². The molecule has 0 aliphatic heterocycles. The largest absolute Gasteiger partial charge is 0.329 e. The fraction of sp³-hybridized carbons (Fsp3) is 0.286. The van der Waals surface area contributed by atoms with Crippen LogP contribution >= 0.6 is 50.5 Å². The van der Waals surface area contributed by atoms with Gasteiger partial charge in [0.1, 0.15) is 0 Å². The molecule has 0 bridgehead atoms. The predicted molar refractivity (Wildman–Crippen MR) is 91.7 cm³/mol. The van der Waals surface area contributed by atoms with Gasteiger partial charge in [-0.3, -0.25) is 4.90 Å². The lowest BCUT2D eigenvalue weighted by molar-refractivity contribution is 0.244. The second kappa shape index (κ2) is 7.25. The van der Waals surface area contributed by atoms with Crippen molar-refractivity contribution in [1.82, 2.24) is 4.90 Å². The van der Waals surface area contributed by atoms with E-state index in [4.69, 9.17) is 28.9 Å². The molecule has 0 amide bonds. The number of hydrogen-bond acceptors (Lipinski definition) is 3. The Balaban J connectivity index is 2.16. The number of thiophene rings is 1. The molecule has 1 heterocycles. The van der Waals surface area contributed by atoms with E-state index in [1.54, 1.807) is 11.3 Å². The molecule has 1 aromatic heterocycles. The monoisotopic (exact) mass is 392 g/mol. The summed E-state index contributed by atoms with van der Waals surface area (Å²) in [6.45, 7) is 1.37. The highest BCUT2D eigenvalue weighted by Gasteiger charge is 2.17. The van der Waals surface area contributed by atoms with E-state index >= 15 is 0 Å². The van der Waals surface area contributed by atoms with Crippen LogP contribution in [0.4, 0.5) is 0 Å². The maximum absolute atomic E-state index is 6.09. The van der Waals surface area contributed by atoms with E-state index in [1.165, 1.54) is 4.88 Å². The molecule has 1 unspecified atom stereocenters. The van der Waals surface area contributed by atoms with Crippen molar-refractivity contribution in [3.8, 4) is 0 Å². The van der Waals surface area contributed by atoms with Crippen LogP contribution in [0.1, 0.15) is 16.5 Å². The molecule has 2 aromatic rings. The van der Waals surface area contributed by atoms with Gasteiger partial charge in [0.25, 0.3) is 0 Å². The fourth-order valence-corrected chi connectivity index (χ4v) is 3.90. The van der Waals surface area contributed by atoms with Crippen molar-refractivity contribution < 1.29 is 0 Å². The summed E-state index contributed by atoms with van der Waals surface area (Å²) < 4.78 is 1.12. The molecule has 20 heavy (non-hydrogen) atoms. The minimum Gasteiger partial charge on any atom is -0.329 e. The lowest BCUT2D eigenvalue weighted by Gasteiger charge is -2.27. The van der Waals surface area contributed by atoms with Gasteiger partial charge >= 0.3 is 0 Å². The van der Waals surface area contributed by atoms with E-state index in [2.05, 4.69) is 39.3 Å². The van der Waals surface area contributed by atoms with Gasteiger partial charge in [-0.2, -0.15) is 0 Å². The van der Waals surface area contributed by atoms with Crippen LogP contribution < -0.4 is 5.73 Å². The highest BCUT2D eigenvalue weighted by atomic mass is 79.9. The lowest BCUT2D eigenvalue weighted by atomic mass is 10.1. The minimum atomic E-state index is 0.116. The SMILES string of the molecule is CN(Cc1cc(Br)cs1)C(CN)c1ccc(Cl)c(Cl)c1. The summed E-state index contributed by atoms with van der Waals surface area (Å²) in [5.74, 6) is 0. The molecule has 108 valence electrons. The molecule has 0 saturated carbocycles. The smallest absolute Gasteiger partial charge is 0.0595 e. The summed E-state index contributed by atoms with van der Waals surface area (Å²) >= 11 is 17.3. The Hall–Kier alpha value is -0.100. The van der Waals surface area contributed by atoms with E-state index in [1.807, 2.05) is 18.2 Å². The molecule has 2 rings (SSSR count). The zero-order valence-electron chi connectivity index (χ0n) is 10.9. The first kappa shape index (κ1) is 16.3. The van der Waals surface area contributed by atoms with Gasteiger partial charge in [0, 0.05) is 33.9 Å². The first-order valence-electron chi connectivity index (χ1n) is 6.09. The molecule has 0 aliphatic carbocycles. The van der Waals surface area contributed by atoms with Crippen molar-refractivity contribution in [2.45, 2.75) is 12.6 Å². The second-order valence-corrected chi connectivity index (χ2v) is 7.30. The molecule has 0 aliphatic rings. The van der Waals surface area contributed by atoms with E-state index in [9.17, 15) is 0 Å². The van der Waals surface area contributed by atoms with Gasteiger partial charge in [-0.05, 0) is 46.7 Å². The molecule has 0 fully saturated rings. The Morgan fingerprint density at radius 3 is 2.60 bits per heavy atom. The standard InChI is InChI=1S/C14H15BrCl2N2S/c1-19(7-11-5-10(15)8-20-11)14(6-18)9-2-3-12(16)13(17)4-9/h2-5,8,14H,6-7,18H2,1H3. The quantitative estimate of drug-likeness (QED) is 0.778. The third-order valence-corrected chi connectivity index (χ3v) is 5.53. The van der Waals surface area contributed by atoms with Gasteiger partial charge in [-0.15, -0.1) is 11.3 Å². The fourth-order valence-electron chi connectivity index (χ4n) is 2.08. The molecule has 0 spiro atoms. The number of benzene rings is 1. The van der Waals surface area contributed by atoms with Crippen molar-refractivity contribution in [2.75, 3.05) is 13.6 Å². The Kier molecular flexibility index (Phi) is 5.90. The summed E-state index contributed by atoms with van der Waals surface area (Å²) in [4.78, 5) is 3.51. The Morgan fingerprint density at radius 1 is 1.30 bits per heavy atom. The van der Waals surface area contributed by atoms with Gasteiger partial charge in [-0.25, -0.2) is 0 Å². The van der Waals surface area contributed by atoms with Gasteiger partial charge in [-0.1, -0.05) is 29.3 Å². The number of halogens is 3. The third-order valence-electron chi connectivity index (χ3n) is 3.11. The molecule has 6 heteroatoms. The van der Waals surface area contributed by atoms with Crippen LogP contribution in [0.25, 0.3) is 0 Å². The number of nitrogens with two attached hydrogens (primary N) is 1. The molecule has 1 atom stereocenters.